The molecule has 2 aromatic carbocycles. The molecule has 0 aliphatic carbocycles. The number of aliphatic imine (C=N–C) groups is 1. The number of aryl methyl sites for hydroxylation is 1. The predicted molar refractivity (Wildman–Crippen MR) is 125 cm³/mol. The van der Waals surface area contributed by atoms with Crippen LogP contribution >= 0.6 is 11.6 Å². The summed E-state index contributed by atoms with van der Waals surface area (Å²) in [6.45, 7) is 4.44. The molecule has 0 radical (unpaired) electrons. The number of nitrogens with one attached hydrogen (secondary N) is 4. The number of guanidine groups is 1. The average molecular weight is 496 g/mol. The van der Waals surface area contributed by atoms with E-state index in [0.717, 1.165) is 23.3 Å². The van der Waals surface area contributed by atoms with Crippen LogP contribution in [-0.2, 0) is 11.0 Å². The zero-order chi connectivity index (χ0) is 24.9. The number of rotatable bonds is 7. The Balaban J connectivity index is 1.68. The minimum atomic E-state index is -4.65. The Hall–Kier alpha value is -3.27. The molecule has 1 heterocycles. The summed E-state index contributed by atoms with van der Waals surface area (Å²) >= 11 is 6.10. The van der Waals surface area contributed by atoms with Crippen LogP contribution in [0.5, 0.6) is 0 Å². The fourth-order valence-corrected chi connectivity index (χ4v) is 3.81. The second-order valence-corrected chi connectivity index (χ2v) is 8.29. The van der Waals surface area contributed by atoms with Crippen molar-refractivity contribution in [3.05, 3.63) is 63.7 Å². The van der Waals surface area contributed by atoms with Gasteiger partial charge in [0.25, 0.3) is 5.91 Å². The second-order valence-electron chi connectivity index (χ2n) is 7.85. The summed E-state index contributed by atoms with van der Waals surface area (Å²) in [6, 6.07) is 8.03. The quantitative estimate of drug-likeness (QED) is 0.466. The molecule has 4 N–H and O–H groups in total. The minimum Gasteiger partial charge on any atom is -0.354 e. The Kier molecular flexibility index (Phi) is 8.03. The Labute approximate surface area is 200 Å². The molecule has 1 atom stereocenters. The molecule has 1 unspecified atom stereocenters. The Morgan fingerprint density at radius 1 is 1.18 bits per heavy atom. The van der Waals surface area contributed by atoms with Gasteiger partial charge in [0, 0.05) is 22.8 Å². The SMILES string of the molecule is CCC(NC(=O)CNC(=O)c1cc(NC2=NCCN2)cc(C(F)(F)F)c1)c1cc(C)cc(Cl)c1. The first-order valence-corrected chi connectivity index (χ1v) is 11.0. The number of carbonyl (C=O) groups is 2. The van der Waals surface area contributed by atoms with E-state index in [1.807, 2.05) is 19.9 Å². The zero-order valence-electron chi connectivity index (χ0n) is 18.6. The molecule has 182 valence electrons. The van der Waals surface area contributed by atoms with Crippen molar-refractivity contribution in [2.45, 2.75) is 32.5 Å². The van der Waals surface area contributed by atoms with Crippen molar-refractivity contribution in [1.29, 1.82) is 0 Å². The molecule has 1 aliphatic rings. The highest BCUT2D eigenvalue weighted by Gasteiger charge is 2.32. The minimum absolute atomic E-state index is 0.0555. The van der Waals surface area contributed by atoms with Crippen LogP contribution in [0, 0.1) is 6.92 Å². The topological polar surface area (TPSA) is 94.6 Å². The summed E-state index contributed by atoms with van der Waals surface area (Å²) in [7, 11) is 0. The van der Waals surface area contributed by atoms with Crippen molar-refractivity contribution in [1.82, 2.24) is 16.0 Å². The van der Waals surface area contributed by atoms with E-state index >= 15 is 0 Å². The molecular weight excluding hydrogens is 471 g/mol. The van der Waals surface area contributed by atoms with E-state index in [9.17, 15) is 22.8 Å². The van der Waals surface area contributed by atoms with Crippen LogP contribution in [0.1, 0.15) is 46.4 Å². The van der Waals surface area contributed by atoms with Gasteiger partial charge in [0.05, 0.1) is 24.7 Å². The molecule has 2 aromatic rings. The van der Waals surface area contributed by atoms with Gasteiger partial charge in [0.2, 0.25) is 5.91 Å². The van der Waals surface area contributed by atoms with Crippen molar-refractivity contribution in [3.8, 4) is 0 Å². The van der Waals surface area contributed by atoms with Crippen molar-refractivity contribution >= 4 is 35.1 Å². The van der Waals surface area contributed by atoms with Gasteiger partial charge in [-0.05, 0) is 54.8 Å². The summed E-state index contributed by atoms with van der Waals surface area (Å²) in [4.78, 5) is 29.1. The van der Waals surface area contributed by atoms with Gasteiger partial charge in [-0.25, -0.2) is 0 Å². The van der Waals surface area contributed by atoms with Gasteiger partial charge >= 0.3 is 6.18 Å². The van der Waals surface area contributed by atoms with E-state index in [1.54, 1.807) is 12.1 Å². The van der Waals surface area contributed by atoms with Crippen LogP contribution in [0.25, 0.3) is 0 Å². The summed E-state index contributed by atoms with van der Waals surface area (Å²) in [5, 5.41) is 11.4. The lowest BCUT2D eigenvalue weighted by Crippen LogP contribution is -2.38. The average Bonchev–Trinajstić information content (AvgIpc) is 3.27. The largest absolute Gasteiger partial charge is 0.416 e. The number of nitrogens with zero attached hydrogens (tertiary/aromatic N) is 1. The summed E-state index contributed by atoms with van der Waals surface area (Å²) in [5.74, 6) is -0.961. The smallest absolute Gasteiger partial charge is 0.354 e. The van der Waals surface area contributed by atoms with Gasteiger partial charge in [0.15, 0.2) is 5.96 Å². The van der Waals surface area contributed by atoms with E-state index in [0.29, 0.717) is 30.5 Å². The fraction of sp³-hybridized carbons (Fsp3) is 0.348. The third-order valence-corrected chi connectivity index (χ3v) is 5.30. The Morgan fingerprint density at radius 2 is 1.94 bits per heavy atom. The van der Waals surface area contributed by atoms with Crippen molar-refractivity contribution < 1.29 is 22.8 Å². The van der Waals surface area contributed by atoms with Crippen LogP contribution < -0.4 is 21.3 Å². The number of benzene rings is 2. The lowest BCUT2D eigenvalue weighted by Gasteiger charge is -2.19. The first-order chi connectivity index (χ1) is 16.0. The van der Waals surface area contributed by atoms with Crippen LogP contribution in [-0.4, -0.2) is 37.4 Å². The van der Waals surface area contributed by atoms with Gasteiger partial charge in [-0.2, -0.15) is 13.2 Å². The molecule has 0 spiro atoms. The molecule has 0 aromatic heterocycles. The maximum absolute atomic E-state index is 13.4. The normalized spacial score (nSPS) is 14.1. The van der Waals surface area contributed by atoms with E-state index < -0.39 is 30.1 Å². The number of anilines is 1. The van der Waals surface area contributed by atoms with Crippen LogP contribution in [0.15, 0.2) is 41.4 Å². The highest BCUT2D eigenvalue weighted by atomic mass is 35.5. The first-order valence-electron chi connectivity index (χ1n) is 10.7. The number of halogens is 4. The van der Waals surface area contributed by atoms with Crippen molar-refractivity contribution in [2.24, 2.45) is 4.99 Å². The Bertz CT molecular complexity index is 1080. The standard InChI is InChI=1S/C23H25ClF3N5O2/c1-3-19(14-6-13(2)7-17(24)9-14)32-20(33)12-30-21(34)15-8-16(23(25,26)27)11-18(10-15)31-22-28-4-5-29-22/h6-11,19H,3-5,12H2,1-2H3,(H,30,34)(H,32,33)(H2,28,29,31). The predicted octanol–water partition coefficient (Wildman–Crippen LogP) is 4.04. The van der Waals surface area contributed by atoms with Crippen LogP contribution in [0.2, 0.25) is 5.02 Å². The van der Waals surface area contributed by atoms with Gasteiger partial charge in [-0.1, -0.05) is 24.6 Å². The number of hydrogen-bond acceptors (Lipinski definition) is 5. The molecule has 0 bridgehead atoms. The molecule has 3 rings (SSSR count). The second kappa shape index (κ2) is 10.8. The lowest BCUT2D eigenvalue weighted by atomic mass is 10.0. The molecule has 0 fully saturated rings. The van der Waals surface area contributed by atoms with Crippen LogP contribution in [0.3, 0.4) is 0 Å². The van der Waals surface area contributed by atoms with E-state index in [4.69, 9.17) is 11.6 Å². The summed E-state index contributed by atoms with van der Waals surface area (Å²) < 4.78 is 40.1. The zero-order valence-corrected chi connectivity index (χ0v) is 19.4. The monoisotopic (exact) mass is 495 g/mol. The van der Waals surface area contributed by atoms with Crippen molar-refractivity contribution in [3.63, 3.8) is 0 Å². The van der Waals surface area contributed by atoms with Crippen molar-refractivity contribution in [2.75, 3.05) is 25.0 Å². The maximum Gasteiger partial charge on any atom is 0.416 e. The highest BCUT2D eigenvalue weighted by Crippen LogP contribution is 2.32. The fourth-order valence-electron chi connectivity index (χ4n) is 3.51. The van der Waals surface area contributed by atoms with Gasteiger partial charge in [0.1, 0.15) is 0 Å². The number of alkyl halides is 3. The molecule has 2 amide bonds. The first kappa shape index (κ1) is 25.4. The number of hydrogen-bond donors (Lipinski definition) is 4. The van der Waals surface area contributed by atoms with Crippen LogP contribution in [0.4, 0.5) is 18.9 Å². The summed E-state index contributed by atoms with van der Waals surface area (Å²) in [6.07, 6.45) is -4.07. The molecular formula is C23H25ClF3N5O2. The Morgan fingerprint density at radius 3 is 2.56 bits per heavy atom. The molecule has 0 saturated heterocycles. The molecule has 34 heavy (non-hydrogen) atoms. The number of amides is 2. The maximum atomic E-state index is 13.4. The summed E-state index contributed by atoms with van der Waals surface area (Å²) in [5.41, 5.74) is 0.592. The number of carbonyl (C=O) groups excluding carboxylic acids is 2. The van der Waals surface area contributed by atoms with E-state index in [2.05, 4.69) is 26.3 Å². The van der Waals surface area contributed by atoms with Gasteiger partial charge in [-0.3, -0.25) is 14.6 Å². The molecule has 0 saturated carbocycles. The third-order valence-electron chi connectivity index (χ3n) is 5.08. The molecule has 1 aliphatic heterocycles. The van der Waals surface area contributed by atoms with Gasteiger partial charge < -0.3 is 21.3 Å². The van der Waals surface area contributed by atoms with E-state index in [-0.39, 0.29) is 17.3 Å². The molecule has 7 nitrogen and oxygen atoms in total. The third kappa shape index (κ3) is 6.86. The lowest BCUT2D eigenvalue weighted by molar-refractivity contribution is -0.137. The highest BCUT2D eigenvalue weighted by molar-refractivity contribution is 6.30. The molecule has 11 heteroatoms. The van der Waals surface area contributed by atoms with E-state index in [1.165, 1.54) is 6.07 Å². The van der Waals surface area contributed by atoms with Gasteiger partial charge in [-0.15, -0.1) is 0 Å².